The first-order chi connectivity index (χ1) is 15.9. The Morgan fingerprint density at radius 1 is 1.09 bits per heavy atom. The molecule has 182 valence electrons. The maximum Gasteiger partial charge on any atom is 0.215 e. The van der Waals surface area contributed by atoms with Crippen LogP contribution in [0.5, 0.6) is 11.6 Å². The number of carbonyl (C=O) groups is 2. The topological polar surface area (TPSA) is 104 Å². The van der Waals surface area contributed by atoms with E-state index in [-0.39, 0.29) is 35.8 Å². The van der Waals surface area contributed by atoms with Crippen LogP contribution >= 0.6 is 0 Å². The van der Waals surface area contributed by atoms with Crippen molar-refractivity contribution in [2.45, 2.75) is 47.6 Å². The van der Waals surface area contributed by atoms with Crippen LogP contribution in [0, 0.1) is 10.8 Å². The first-order valence-electron chi connectivity index (χ1n) is 11.3. The largest absolute Gasteiger partial charge is 0.497 e. The summed E-state index contributed by atoms with van der Waals surface area (Å²) in [6.45, 7) is 10.0. The molecule has 1 aromatic carbocycles. The Kier molecular flexibility index (Phi) is 7.41. The smallest absolute Gasteiger partial charge is 0.215 e. The van der Waals surface area contributed by atoms with Gasteiger partial charge in [0.15, 0.2) is 5.78 Å². The van der Waals surface area contributed by atoms with Gasteiger partial charge in [-0.2, -0.15) is 5.10 Å². The lowest BCUT2D eigenvalue weighted by Gasteiger charge is -2.20. The molecule has 1 N–H and O–H groups in total. The SMILES string of the molecule is COc1ccc2c(C(=O)c3ccc(OCCC(C)(C)CO)nc3)nn(CC(=O)C(C)(C)C)c2c1. The fourth-order valence-corrected chi connectivity index (χ4v) is 3.19. The molecule has 34 heavy (non-hydrogen) atoms. The average Bonchev–Trinajstić information content (AvgIpc) is 3.15. The predicted molar refractivity (Wildman–Crippen MR) is 129 cm³/mol. The van der Waals surface area contributed by atoms with E-state index in [2.05, 4.69) is 10.1 Å². The van der Waals surface area contributed by atoms with E-state index in [9.17, 15) is 14.7 Å². The molecule has 8 nitrogen and oxygen atoms in total. The number of aliphatic hydroxyl groups is 1. The monoisotopic (exact) mass is 467 g/mol. The number of carbonyl (C=O) groups excluding carboxylic acids is 2. The number of nitrogens with zero attached hydrogens (tertiary/aromatic N) is 3. The molecule has 0 aliphatic carbocycles. The third kappa shape index (κ3) is 5.80. The van der Waals surface area contributed by atoms with Crippen LogP contribution in [0.1, 0.15) is 57.1 Å². The van der Waals surface area contributed by atoms with Crippen LogP contribution in [-0.4, -0.2) is 51.8 Å². The molecule has 0 unspecified atom stereocenters. The van der Waals surface area contributed by atoms with Gasteiger partial charge in [0.25, 0.3) is 0 Å². The van der Waals surface area contributed by atoms with E-state index in [1.807, 2.05) is 34.6 Å². The number of aliphatic hydroxyl groups excluding tert-OH is 1. The minimum Gasteiger partial charge on any atom is -0.497 e. The molecule has 0 atom stereocenters. The van der Waals surface area contributed by atoms with E-state index in [0.29, 0.717) is 41.1 Å². The number of hydrogen-bond donors (Lipinski definition) is 1. The van der Waals surface area contributed by atoms with E-state index in [1.54, 1.807) is 42.1 Å². The first kappa shape index (κ1) is 25.4. The van der Waals surface area contributed by atoms with Gasteiger partial charge in [-0.25, -0.2) is 4.98 Å². The van der Waals surface area contributed by atoms with E-state index >= 15 is 0 Å². The zero-order chi connectivity index (χ0) is 25.1. The molecular weight excluding hydrogens is 434 g/mol. The van der Waals surface area contributed by atoms with E-state index in [1.165, 1.54) is 6.20 Å². The first-order valence-corrected chi connectivity index (χ1v) is 11.3. The minimum atomic E-state index is -0.534. The number of benzene rings is 1. The second-order valence-electron chi connectivity index (χ2n) is 10.2. The van der Waals surface area contributed by atoms with Gasteiger partial charge >= 0.3 is 0 Å². The summed E-state index contributed by atoms with van der Waals surface area (Å²) in [6.07, 6.45) is 2.13. The van der Waals surface area contributed by atoms with Gasteiger partial charge in [0.2, 0.25) is 11.7 Å². The van der Waals surface area contributed by atoms with Crippen LogP contribution in [0.3, 0.4) is 0 Å². The maximum atomic E-state index is 13.3. The lowest BCUT2D eigenvalue weighted by Crippen LogP contribution is -2.25. The molecular formula is C26H33N3O5. The Morgan fingerprint density at radius 2 is 1.82 bits per heavy atom. The Morgan fingerprint density at radius 3 is 2.41 bits per heavy atom. The predicted octanol–water partition coefficient (Wildman–Crippen LogP) is 4.07. The Hall–Kier alpha value is -3.26. The number of ether oxygens (including phenoxy) is 2. The number of ketones is 2. The lowest BCUT2D eigenvalue weighted by atomic mass is 9.91. The highest BCUT2D eigenvalue weighted by molar-refractivity contribution is 6.15. The van der Waals surface area contributed by atoms with Crippen molar-refractivity contribution in [1.29, 1.82) is 0 Å². The quantitative estimate of drug-likeness (QED) is 0.448. The van der Waals surface area contributed by atoms with Crippen molar-refractivity contribution < 1.29 is 24.2 Å². The highest BCUT2D eigenvalue weighted by atomic mass is 16.5. The number of Topliss-reactive ketones (excluding diaryl/α,β-unsaturated/α-hetero) is 1. The standard InChI is InChI=1S/C26H33N3O5/c1-25(2,3)21(31)15-29-20-13-18(33-6)8-9-19(20)23(28-29)24(32)17-7-10-22(27-14-17)34-12-11-26(4,5)16-30/h7-10,13-14,30H,11-12,15-16H2,1-6H3. The maximum absolute atomic E-state index is 13.3. The Bertz CT molecular complexity index is 1170. The van der Waals surface area contributed by atoms with Crippen molar-refractivity contribution in [3.63, 3.8) is 0 Å². The molecule has 0 aliphatic heterocycles. The van der Waals surface area contributed by atoms with Gasteiger partial charge < -0.3 is 14.6 Å². The molecule has 0 fully saturated rings. The van der Waals surface area contributed by atoms with Crippen LogP contribution in [0.4, 0.5) is 0 Å². The van der Waals surface area contributed by atoms with Gasteiger partial charge in [-0.1, -0.05) is 34.6 Å². The molecule has 0 saturated carbocycles. The molecule has 0 saturated heterocycles. The minimum absolute atomic E-state index is 0.00580. The summed E-state index contributed by atoms with van der Waals surface area (Å²) < 4.78 is 12.5. The van der Waals surface area contributed by atoms with E-state index < -0.39 is 5.41 Å². The van der Waals surface area contributed by atoms with Crippen LogP contribution in [0.2, 0.25) is 0 Å². The van der Waals surface area contributed by atoms with Crippen LogP contribution in [0.15, 0.2) is 36.5 Å². The van der Waals surface area contributed by atoms with Crippen molar-refractivity contribution in [2.75, 3.05) is 20.3 Å². The van der Waals surface area contributed by atoms with Crippen molar-refractivity contribution in [3.8, 4) is 11.6 Å². The number of aromatic nitrogens is 3. The summed E-state index contributed by atoms with van der Waals surface area (Å²) >= 11 is 0. The van der Waals surface area contributed by atoms with Crippen LogP contribution in [0.25, 0.3) is 10.9 Å². The van der Waals surface area contributed by atoms with Crippen LogP contribution < -0.4 is 9.47 Å². The molecule has 0 aliphatic rings. The highest BCUT2D eigenvalue weighted by Crippen LogP contribution is 2.27. The molecule has 8 heteroatoms. The summed E-state index contributed by atoms with van der Waals surface area (Å²) in [7, 11) is 1.56. The third-order valence-corrected chi connectivity index (χ3v) is 5.76. The Balaban J connectivity index is 1.86. The zero-order valence-corrected chi connectivity index (χ0v) is 20.7. The second kappa shape index (κ2) is 9.93. The second-order valence-corrected chi connectivity index (χ2v) is 10.2. The molecule has 3 rings (SSSR count). The molecule has 3 aromatic rings. The molecule has 0 radical (unpaired) electrons. The molecule has 2 heterocycles. The summed E-state index contributed by atoms with van der Waals surface area (Å²) in [6, 6.07) is 8.61. The summed E-state index contributed by atoms with van der Waals surface area (Å²) in [5.74, 6) is 0.730. The average molecular weight is 468 g/mol. The van der Waals surface area contributed by atoms with Crippen molar-refractivity contribution in [1.82, 2.24) is 14.8 Å². The van der Waals surface area contributed by atoms with Gasteiger partial charge in [-0.15, -0.1) is 0 Å². The van der Waals surface area contributed by atoms with Gasteiger partial charge in [-0.05, 0) is 30.0 Å². The van der Waals surface area contributed by atoms with Crippen molar-refractivity contribution in [3.05, 3.63) is 47.8 Å². The van der Waals surface area contributed by atoms with Gasteiger partial charge in [0.05, 0.1) is 19.2 Å². The van der Waals surface area contributed by atoms with E-state index in [0.717, 1.165) is 0 Å². The number of fused-ring (bicyclic) bond motifs is 1. The molecule has 2 aromatic heterocycles. The van der Waals surface area contributed by atoms with Gasteiger partial charge in [0, 0.05) is 41.3 Å². The third-order valence-electron chi connectivity index (χ3n) is 5.76. The number of methoxy groups -OCH3 is 1. The van der Waals surface area contributed by atoms with Gasteiger partial charge in [-0.3, -0.25) is 14.3 Å². The van der Waals surface area contributed by atoms with Crippen LogP contribution in [-0.2, 0) is 11.3 Å². The number of hydrogen-bond acceptors (Lipinski definition) is 7. The summed E-state index contributed by atoms with van der Waals surface area (Å²) in [5.41, 5.74) is 0.507. The van der Waals surface area contributed by atoms with Gasteiger partial charge in [0.1, 0.15) is 18.0 Å². The highest BCUT2D eigenvalue weighted by Gasteiger charge is 2.25. The fraction of sp³-hybridized carbons (Fsp3) is 0.462. The fourth-order valence-electron chi connectivity index (χ4n) is 3.19. The van der Waals surface area contributed by atoms with Crippen molar-refractivity contribution in [2.24, 2.45) is 10.8 Å². The molecule has 0 bridgehead atoms. The number of rotatable bonds is 10. The Labute approximate surface area is 199 Å². The summed E-state index contributed by atoms with van der Waals surface area (Å²) in [5, 5.41) is 14.5. The normalized spacial score (nSPS) is 12.1. The lowest BCUT2D eigenvalue weighted by molar-refractivity contribution is -0.127. The molecule has 0 amide bonds. The zero-order valence-electron chi connectivity index (χ0n) is 20.7. The van der Waals surface area contributed by atoms with E-state index in [4.69, 9.17) is 9.47 Å². The molecule has 0 spiro atoms. The number of pyridine rings is 1. The summed E-state index contributed by atoms with van der Waals surface area (Å²) in [4.78, 5) is 30.2. The van der Waals surface area contributed by atoms with Crippen molar-refractivity contribution >= 4 is 22.5 Å².